The lowest BCUT2D eigenvalue weighted by Gasteiger charge is -2.32. The molecule has 0 spiro atoms. The molecule has 1 unspecified atom stereocenters. The summed E-state index contributed by atoms with van der Waals surface area (Å²) in [7, 11) is 0. The molecule has 1 fully saturated rings. The van der Waals surface area contributed by atoms with E-state index < -0.39 is 11.0 Å². The summed E-state index contributed by atoms with van der Waals surface area (Å²) in [6.45, 7) is 2.00. The molecule has 28 heavy (non-hydrogen) atoms. The summed E-state index contributed by atoms with van der Waals surface area (Å²) in [5.41, 5.74) is 0.712. The largest absolute Gasteiger partial charge is 0.491 e. The summed E-state index contributed by atoms with van der Waals surface area (Å²) < 4.78 is 5.48. The molecule has 0 aliphatic carbocycles. The number of benzene rings is 2. The lowest BCUT2D eigenvalue weighted by molar-refractivity contribution is -0.384. The zero-order valence-electron chi connectivity index (χ0n) is 15.6. The van der Waals surface area contributed by atoms with E-state index in [-0.39, 0.29) is 24.0 Å². The van der Waals surface area contributed by atoms with Crippen LogP contribution in [-0.4, -0.2) is 53.1 Å². The molecule has 0 bridgehead atoms. The predicted octanol–water partition coefficient (Wildman–Crippen LogP) is 2.93. The first-order valence-electron chi connectivity index (χ1n) is 9.40. The quantitative estimate of drug-likeness (QED) is 0.427. The highest BCUT2D eigenvalue weighted by molar-refractivity contribution is 5.97. The molecule has 1 aliphatic rings. The third-order valence-corrected chi connectivity index (χ3v) is 4.96. The fourth-order valence-corrected chi connectivity index (χ4v) is 3.45. The molecular weight excluding hydrogens is 360 g/mol. The van der Waals surface area contributed by atoms with Crippen molar-refractivity contribution < 1.29 is 19.6 Å². The molecule has 0 radical (unpaired) electrons. The minimum absolute atomic E-state index is 0.0249. The molecule has 148 valence electrons. The van der Waals surface area contributed by atoms with Crippen molar-refractivity contribution in [3.05, 3.63) is 70.3 Å². The maximum atomic E-state index is 12.5. The highest BCUT2D eigenvalue weighted by Gasteiger charge is 2.26. The molecule has 1 atom stereocenters. The van der Waals surface area contributed by atoms with Crippen LogP contribution in [-0.2, 0) is 0 Å². The van der Waals surface area contributed by atoms with E-state index in [2.05, 4.69) is 4.90 Å². The second-order valence-electron chi connectivity index (χ2n) is 7.02. The predicted molar refractivity (Wildman–Crippen MR) is 105 cm³/mol. The summed E-state index contributed by atoms with van der Waals surface area (Å²) in [5, 5.41) is 21.0. The van der Waals surface area contributed by atoms with Gasteiger partial charge in [0.1, 0.15) is 18.5 Å². The number of hydrogen-bond acceptors (Lipinski definition) is 6. The van der Waals surface area contributed by atoms with Crippen LogP contribution in [0, 0.1) is 16.0 Å². The zero-order chi connectivity index (χ0) is 19.9. The fourth-order valence-electron chi connectivity index (χ4n) is 3.45. The van der Waals surface area contributed by atoms with Gasteiger partial charge in [0, 0.05) is 24.1 Å². The van der Waals surface area contributed by atoms with Gasteiger partial charge in [0.2, 0.25) is 0 Å². The van der Waals surface area contributed by atoms with E-state index in [1.165, 1.54) is 12.1 Å². The van der Waals surface area contributed by atoms with Gasteiger partial charge in [-0.15, -0.1) is 0 Å². The monoisotopic (exact) mass is 384 g/mol. The van der Waals surface area contributed by atoms with Crippen LogP contribution in [0.1, 0.15) is 23.2 Å². The standard InChI is InChI=1S/C21H24N2O5/c24-19(15-28-20-8-4-7-18(13-20)23(26)27)14-22-11-9-17(10-12-22)21(25)16-5-2-1-3-6-16/h1-8,13,17,19,24H,9-12,14-15H2. The van der Waals surface area contributed by atoms with Crippen molar-refractivity contribution in [2.75, 3.05) is 26.2 Å². The number of nitrogens with zero attached hydrogens (tertiary/aromatic N) is 2. The molecule has 7 heteroatoms. The molecular formula is C21H24N2O5. The lowest BCUT2D eigenvalue weighted by Crippen LogP contribution is -2.42. The van der Waals surface area contributed by atoms with Gasteiger partial charge in [-0.05, 0) is 32.0 Å². The molecule has 7 nitrogen and oxygen atoms in total. The molecule has 0 saturated carbocycles. The number of aliphatic hydroxyl groups excluding tert-OH is 1. The summed E-state index contributed by atoms with van der Waals surface area (Å²) >= 11 is 0. The first-order valence-corrected chi connectivity index (χ1v) is 9.40. The molecule has 2 aromatic rings. The molecule has 1 saturated heterocycles. The molecule has 3 rings (SSSR count). The Balaban J connectivity index is 1.42. The van der Waals surface area contributed by atoms with Crippen LogP contribution < -0.4 is 4.74 Å². The Labute approximate surface area is 163 Å². The number of likely N-dealkylation sites (tertiary alicyclic amines) is 1. The zero-order valence-corrected chi connectivity index (χ0v) is 15.6. The number of aliphatic hydroxyl groups is 1. The summed E-state index contributed by atoms with van der Waals surface area (Å²) in [6, 6.07) is 15.3. The number of β-amino-alcohol motifs (C(OH)–C–C–N with tert-alkyl or cyclic N) is 1. The summed E-state index contributed by atoms with van der Waals surface area (Å²) in [6.07, 6.45) is 0.832. The summed E-state index contributed by atoms with van der Waals surface area (Å²) in [4.78, 5) is 25.0. The van der Waals surface area contributed by atoms with Crippen molar-refractivity contribution >= 4 is 11.5 Å². The van der Waals surface area contributed by atoms with Crippen molar-refractivity contribution in [2.24, 2.45) is 5.92 Å². The number of hydrogen-bond donors (Lipinski definition) is 1. The van der Waals surface area contributed by atoms with Gasteiger partial charge >= 0.3 is 0 Å². The van der Waals surface area contributed by atoms with Crippen molar-refractivity contribution in [1.29, 1.82) is 0 Å². The Kier molecular flexibility index (Phi) is 6.73. The normalized spacial score (nSPS) is 16.5. The van der Waals surface area contributed by atoms with Gasteiger partial charge in [0.05, 0.1) is 11.0 Å². The number of nitro benzene ring substituents is 1. The van der Waals surface area contributed by atoms with Crippen LogP contribution >= 0.6 is 0 Å². The third-order valence-electron chi connectivity index (χ3n) is 4.96. The number of nitro groups is 1. The van der Waals surface area contributed by atoms with Crippen molar-refractivity contribution in [1.82, 2.24) is 4.90 Å². The van der Waals surface area contributed by atoms with E-state index in [4.69, 9.17) is 4.74 Å². The number of ether oxygens (including phenoxy) is 1. The van der Waals surface area contributed by atoms with Gasteiger partial charge < -0.3 is 14.7 Å². The second kappa shape index (κ2) is 9.43. The number of carbonyl (C=O) groups excluding carboxylic acids is 1. The van der Waals surface area contributed by atoms with E-state index in [9.17, 15) is 20.0 Å². The first kappa shape index (κ1) is 20.0. The average Bonchev–Trinajstić information content (AvgIpc) is 2.73. The van der Waals surface area contributed by atoms with Crippen molar-refractivity contribution in [3.63, 3.8) is 0 Å². The van der Waals surface area contributed by atoms with E-state index in [1.54, 1.807) is 12.1 Å². The van der Waals surface area contributed by atoms with Crippen molar-refractivity contribution in [2.45, 2.75) is 18.9 Å². The minimum atomic E-state index is -0.708. The Hall–Kier alpha value is -2.77. The molecule has 2 aromatic carbocycles. The van der Waals surface area contributed by atoms with Gasteiger partial charge in [0.15, 0.2) is 5.78 Å². The van der Waals surface area contributed by atoms with Crippen LogP contribution in [0.15, 0.2) is 54.6 Å². The van der Waals surface area contributed by atoms with Gasteiger partial charge in [-0.25, -0.2) is 0 Å². The van der Waals surface area contributed by atoms with Crippen LogP contribution in [0.5, 0.6) is 5.75 Å². The van der Waals surface area contributed by atoms with Crippen molar-refractivity contribution in [3.8, 4) is 5.75 Å². The number of carbonyl (C=O) groups is 1. The van der Waals surface area contributed by atoms with Crippen LogP contribution in [0.3, 0.4) is 0 Å². The number of rotatable bonds is 8. The second-order valence-corrected chi connectivity index (χ2v) is 7.02. The smallest absolute Gasteiger partial charge is 0.273 e. The van der Waals surface area contributed by atoms with E-state index >= 15 is 0 Å². The van der Waals surface area contributed by atoms with E-state index in [0.717, 1.165) is 31.5 Å². The van der Waals surface area contributed by atoms with Crippen LogP contribution in [0.4, 0.5) is 5.69 Å². The van der Waals surface area contributed by atoms with E-state index in [0.29, 0.717) is 12.3 Å². The number of Topliss-reactive ketones (excluding diaryl/α,β-unsaturated/α-hetero) is 1. The number of ketones is 1. The molecule has 1 aliphatic heterocycles. The Morgan fingerprint density at radius 2 is 1.89 bits per heavy atom. The van der Waals surface area contributed by atoms with Crippen LogP contribution in [0.25, 0.3) is 0 Å². The van der Waals surface area contributed by atoms with Gasteiger partial charge in [0.25, 0.3) is 5.69 Å². The molecule has 1 heterocycles. The van der Waals surface area contributed by atoms with Crippen LogP contribution in [0.2, 0.25) is 0 Å². The summed E-state index contributed by atoms with van der Waals surface area (Å²) in [5.74, 6) is 0.576. The fraction of sp³-hybridized carbons (Fsp3) is 0.381. The lowest BCUT2D eigenvalue weighted by atomic mass is 9.89. The first-order chi connectivity index (χ1) is 13.5. The topological polar surface area (TPSA) is 92.9 Å². The Morgan fingerprint density at radius 1 is 1.18 bits per heavy atom. The number of piperidine rings is 1. The highest BCUT2D eigenvalue weighted by Crippen LogP contribution is 2.22. The Bertz CT molecular complexity index is 803. The minimum Gasteiger partial charge on any atom is -0.491 e. The maximum absolute atomic E-state index is 12.5. The molecule has 0 aromatic heterocycles. The van der Waals surface area contributed by atoms with Gasteiger partial charge in [-0.1, -0.05) is 36.4 Å². The Morgan fingerprint density at radius 3 is 2.57 bits per heavy atom. The van der Waals surface area contributed by atoms with Gasteiger partial charge in [-0.2, -0.15) is 0 Å². The molecule has 1 N–H and O–H groups in total. The average molecular weight is 384 g/mol. The maximum Gasteiger partial charge on any atom is 0.273 e. The van der Waals surface area contributed by atoms with E-state index in [1.807, 2.05) is 30.3 Å². The van der Waals surface area contributed by atoms with Gasteiger partial charge in [-0.3, -0.25) is 14.9 Å². The third kappa shape index (κ3) is 5.37. The SMILES string of the molecule is O=C(c1ccccc1)C1CCN(CC(O)COc2cccc([N+](=O)[O-])c2)CC1. The highest BCUT2D eigenvalue weighted by atomic mass is 16.6. The number of non-ortho nitro benzene ring substituents is 1. The molecule has 0 amide bonds.